The van der Waals surface area contributed by atoms with Crippen molar-refractivity contribution in [2.75, 3.05) is 22.8 Å². The molecule has 0 aliphatic heterocycles. The van der Waals surface area contributed by atoms with E-state index in [1.54, 1.807) is 60.8 Å². The van der Waals surface area contributed by atoms with Gasteiger partial charge < -0.3 is 10.1 Å². The maximum absolute atomic E-state index is 13.4. The number of amides is 1. The Balaban J connectivity index is 1.99. The van der Waals surface area contributed by atoms with Gasteiger partial charge in [-0.25, -0.2) is 8.42 Å². The molecule has 1 aromatic heterocycles. The number of nitrogens with zero attached hydrogens (tertiary/aromatic N) is 2. The number of carbonyl (C=O) groups excluding carboxylic acids is 1. The van der Waals surface area contributed by atoms with E-state index >= 15 is 0 Å². The Bertz CT molecular complexity index is 1060. The van der Waals surface area contributed by atoms with Crippen LogP contribution in [0.2, 0.25) is 0 Å². The lowest BCUT2D eigenvalue weighted by atomic mass is 10.3. The van der Waals surface area contributed by atoms with Crippen LogP contribution in [-0.4, -0.2) is 32.5 Å². The molecule has 0 saturated carbocycles. The average Bonchev–Trinajstić information content (AvgIpc) is 2.74. The molecular formula is C21H21N3O4S. The number of benzene rings is 2. The summed E-state index contributed by atoms with van der Waals surface area (Å²) in [6.07, 6.45) is 3.07. The largest absolute Gasteiger partial charge is 0.492 e. The van der Waals surface area contributed by atoms with Gasteiger partial charge in [-0.2, -0.15) is 0 Å². The van der Waals surface area contributed by atoms with Crippen LogP contribution in [0.4, 0.5) is 11.4 Å². The number of para-hydroxylation sites is 2. The summed E-state index contributed by atoms with van der Waals surface area (Å²) in [4.78, 5) is 16.7. The molecule has 3 aromatic rings. The van der Waals surface area contributed by atoms with Gasteiger partial charge in [-0.15, -0.1) is 0 Å². The summed E-state index contributed by atoms with van der Waals surface area (Å²) in [6.45, 7) is 1.75. The van der Waals surface area contributed by atoms with Crippen LogP contribution in [0.3, 0.4) is 0 Å². The van der Waals surface area contributed by atoms with E-state index in [-0.39, 0.29) is 4.90 Å². The molecule has 0 bridgehead atoms. The zero-order valence-corrected chi connectivity index (χ0v) is 16.7. The van der Waals surface area contributed by atoms with Crippen LogP contribution in [0, 0.1) is 0 Å². The van der Waals surface area contributed by atoms with Crippen molar-refractivity contribution in [1.29, 1.82) is 0 Å². The first-order valence-corrected chi connectivity index (χ1v) is 10.5. The predicted molar refractivity (Wildman–Crippen MR) is 111 cm³/mol. The van der Waals surface area contributed by atoms with Gasteiger partial charge in [0.15, 0.2) is 0 Å². The van der Waals surface area contributed by atoms with Gasteiger partial charge in [0.1, 0.15) is 12.3 Å². The van der Waals surface area contributed by atoms with Crippen molar-refractivity contribution in [3.8, 4) is 5.75 Å². The first kappa shape index (κ1) is 20.3. The van der Waals surface area contributed by atoms with Gasteiger partial charge in [0, 0.05) is 6.20 Å². The number of ether oxygens (including phenoxy) is 1. The van der Waals surface area contributed by atoms with Crippen molar-refractivity contribution >= 4 is 27.3 Å². The third-order valence-corrected chi connectivity index (χ3v) is 5.77. The summed E-state index contributed by atoms with van der Waals surface area (Å²) in [5, 5.41) is 2.67. The highest BCUT2D eigenvalue weighted by atomic mass is 32.2. The van der Waals surface area contributed by atoms with Gasteiger partial charge in [-0.05, 0) is 43.3 Å². The zero-order valence-electron chi connectivity index (χ0n) is 15.9. The molecule has 7 nitrogen and oxygen atoms in total. The molecule has 0 aliphatic rings. The summed E-state index contributed by atoms with van der Waals surface area (Å²) < 4.78 is 33.4. The van der Waals surface area contributed by atoms with Crippen molar-refractivity contribution in [3.63, 3.8) is 0 Å². The molecule has 0 radical (unpaired) electrons. The smallest absolute Gasteiger partial charge is 0.264 e. The van der Waals surface area contributed by atoms with Crippen molar-refractivity contribution < 1.29 is 17.9 Å². The van der Waals surface area contributed by atoms with Gasteiger partial charge in [-0.1, -0.05) is 30.3 Å². The molecule has 29 heavy (non-hydrogen) atoms. The second-order valence-electron chi connectivity index (χ2n) is 6.02. The number of aromatic nitrogens is 1. The van der Waals surface area contributed by atoms with Crippen molar-refractivity contribution in [2.45, 2.75) is 11.8 Å². The van der Waals surface area contributed by atoms with E-state index in [0.717, 1.165) is 4.31 Å². The Morgan fingerprint density at radius 3 is 2.45 bits per heavy atom. The molecule has 0 fully saturated rings. The molecule has 8 heteroatoms. The molecule has 150 valence electrons. The summed E-state index contributed by atoms with van der Waals surface area (Å²) in [7, 11) is -4.01. The molecule has 2 aromatic carbocycles. The zero-order chi connectivity index (χ0) is 20.7. The Kier molecular flexibility index (Phi) is 6.46. The predicted octanol–water partition coefficient (Wildman–Crippen LogP) is 3.31. The van der Waals surface area contributed by atoms with E-state index < -0.39 is 22.5 Å². The number of hydrogen-bond acceptors (Lipinski definition) is 5. The monoisotopic (exact) mass is 411 g/mol. The van der Waals surface area contributed by atoms with Gasteiger partial charge in [0.05, 0.1) is 29.1 Å². The molecule has 1 N–H and O–H groups in total. The quantitative estimate of drug-likeness (QED) is 0.614. The maximum Gasteiger partial charge on any atom is 0.264 e. The van der Waals surface area contributed by atoms with Crippen molar-refractivity contribution in [2.24, 2.45) is 0 Å². The fraction of sp³-hybridized carbons (Fsp3) is 0.143. The lowest BCUT2D eigenvalue weighted by Gasteiger charge is -2.26. The number of carbonyl (C=O) groups is 1. The fourth-order valence-electron chi connectivity index (χ4n) is 2.73. The van der Waals surface area contributed by atoms with Crippen LogP contribution in [0.25, 0.3) is 0 Å². The van der Waals surface area contributed by atoms with E-state index in [0.29, 0.717) is 23.7 Å². The molecular weight excluding hydrogens is 390 g/mol. The first-order chi connectivity index (χ1) is 14.0. The Hall–Kier alpha value is -3.39. The van der Waals surface area contributed by atoms with Crippen LogP contribution in [0.5, 0.6) is 5.75 Å². The first-order valence-electron chi connectivity index (χ1n) is 9.02. The van der Waals surface area contributed by atoms with E-state index in [4.69, 9.17) is 4.74 Å². The van der Waals surface area contributed by atoms with Crippen LogP contribution in [0.15, 0.2) is 84.0 Å². The van der Waals surface area contributed by atoms with E-state index in [2.05, 4.69) is 10.3 Å². The topological polar surface area (TPSA) is 88.6 Å². The molecule has 0 atom stereocenters. The highest BCUT2D eigenvalue weighted by Gasteiger charge is 2.29. The maximum atomic E-state index is 13.4. The number of hydrogen-bond donors (Lipinski definition) is 1. The Morgan fingerprint density at radius 1 is 1.03 bits per heavy atom. The SMILES string of the molecule is CCOc1ccccc1N(CC(=O)Nc1cccnc1)S(=O)(=O)c1ccccc1. The highest BCUT2D eigenvalue weighted by Crippen LogP contribution is 2.32. The summed E-state index contributed by atoms with van der Waals surface area (Å²) in [5.41, 5.74) is 0.771. The average molecular weight is 411 g/mol. The minimum absolute atomic E-state index is 0.0838. The van der Waals surface area contributed by atoms with Crippen molar-refractivity contribution in [3.05, 3.63) is 79.1 Å². The number of nitrogens with one attached hydrogen (secondary N) is 1. The Morgan fingerprint density at radius 2 is 1.76 bits per heavy atom. The Labute approximate surface area is 170 Å². The molecule has 0 aliphatic carbocycles. The molecule has 1 heterocycles. The molecule has 0 saturated heterocycles. The summed E-state index contributed by atoms with van der Waals surface area (Å²) >= 11 is 0. The minimum Gasteiger partial charge on any atom is -0.492 e. The summed E-state index contributed by atoms with van der Waals surface area (Å²) in [6, 6.07) is 18.1. The molecule has 3 rings (SSSR count). The second-order valence-corrected chi connectivity index (χ2v) is 7.88. The number of sulfonamides is 1. The standard InChI is InChI=1S/C21H21N3O4S/c1-2-28-20-13-7-6-12-19(20)24(29(26,27)18-10-4-3-5-11-18)16-21(25)23-17-9-8-14-22-15-17/h3-15H,2,16H2,1H3,(H,23,25). The van der Waals surface area contributed by atoms with Crippen LogP contribution >= 0.6 is 0 Å². The molecule has 1 amide bonds. The number of rotatable bonds is 8. The third kappa shape index (κ3) is 4.91. The van der Waals surface area contributed by atoms with Gasteiger partial charge in [-0.3, -0.25) is 14.1 Å². The van der Waals surface area contributed by atoms with E-state index in [1.165, 1.54) is 18.3 Å². The second kappa shape index (κ2) is 9.20. The lowest BCUT2D eigenvalue weighted by molar-refractivity contribution is -0.114. The van der Waals surface area contributed by atoms with Gasteiger partial charge in [0.25, 0.3) is 10.0 Å². The van der Waals surface area contributed by atoms with Crippen LogP contribution in [0.1, 0.15) is 6.92 Å². The van der Waals surface area contributed by atoms with Gasteiger partial charge in [0.2, 0.25) is 5.91 Å². The van der Waals surface area contributed by atoms with Gasteiger partial charge >= 0.3 is 0 Å². The molecule has 0 spiro atoms. The van der Waals surface area contributed by atoms with E-state index in [9.17, 15) is 13.2 Å². The van der Waals surface area contributed by atoms with Crippen LogP contribution in [-0.2, 0) is 14.8 Å². The number of anilines is 2. The molecule has 0 unspecified atom stereocenters. The van der Waals surface area contributed by atoms with E-state index in [1.807, 2.05) is 6.92 Å². The fourth-order valence-corrected chi connectivity index (χ4v) is 4.18. The highest BCUT2D eigenvalue weighted by molar-refractivity contribution is 7.92. The normalized spacial score (nSPS) is 10.9. The number of pyridine rings is 1. The minimum atomic E-state index is -4.01. The van der Waals surface area contributed by atoms with Crippen LogP contribution < -0.4 is 14.4 Å². The summed E-state index contributed by atoms with van der Waals surface area (Å²) in [5.74, 6) is -0.118. The van der Waals surface area contributed by atoms with Crippen molar-refractivity contribution in [1.82, 2.24) is 4.98 Å². The third-order valence-electron chi connectivity index (χ3n) is 4.00. The lowest BCUT2D eigenvalue weighted by Crippen LogP contribution is -2.38.